The molecule has 0 radical (unpaired) electrons. The Hall–Kier alpha value is -1.61. The second kappa shape index (κ2) is 6.23. The molecule has 0 bridgehead atoms. The Kier molecular flexibility index (Phi) is 4.61. The minimum Gasteiger partial charge on any atom is -0.287 e. The van der Waals surface area contributed by atoms with E-state index in [4.69, 9.17) is 0 Å². The highest BCUT2D eigenvalue weighted by molar-refractivity contribution is 6.01. The van der Waals surface area contributed by atoms with Gasteiger partial charge in [-0.3, -0.25) is 10.2 Å². The zero-order valence-corrected chi connectivity index (χ0v) is 12.6. The molecule has 3 heteroatoms. The number of hydrogen-bond donors (Lipinski definition) is 2. The van der Waals surface area contributed by atoms with Gasteiger partial charge >= 0.3 is 0 Å². The van der Waals surface area contributed by atoms with Crippen LogP contribution in [0.25, 0.3) is 6.08 Å². The van der Waals surface area contributed by atoms with E-state index in [0.29, 0.717) is 0 Å². The number of carbonyl (C=O) groups is 1. The van der Waals surface area contributed by atoms with Crippen molar-refractivity contribution in [3.8, 4) is 0 Å². The van der Waals surface area contributed by atoms with Crippen molar-refractivity contribution in [1.29, 1.82) is 0 Å². The molecule has 0 aliphatic carbocycles. The molecule has 0 saturated carbocycles. The quantitative estimate of drug-likeness (QED) is 0.638. The molecular weight excluding hydrogens is 248 g/mol. The summed E-state index contributed by atoms with van der Waals surface area (Å²) < 4.78 is 0. The molecular formula is C17H24N2O. The van der Waals surface area contributed by atoms with Gasteiger partial charge in [-0.05, 0) is 43.9 Å². The average molecular weight is 272 g/mol. The summed E-state index contributed by atoms with van der Waals surface area (Å²) in [6.07, 6.45) is 6.88. The van der Waals surface area contributed by atoms with Crippen LogP contribution in [0, 0.1) is 0 Å². The summed E-state index contributed by atoms with van der Waals surface area (Å²) in [6, 6.07) is 8.51. The first-order chi connectivity index (χ1) is 9.53. The lowest BCUT2D eigenvalue weighted by Gasteiger charge is -2.16. The molecule has 108 valence electrons. The van der Waals surface area contributed by atoms with Gasteiger partial charge in [0.2, 0.25) is 0 Å². The van der Waals surface area contributed by atoms with Crippen molar-refractivity contribution in [2.24, 2.45) is 0 Å². The van der Waals surface area contributed by atoms with Gasteiger partial charge < -0.3 is 0 Å². The zero-order chi connectivity index (χ0) is 14.6. The van der Waals surface area contributed by atoms with Crippen molar-refractivity contribution in [1.82, 2.24) is 10.9 Å². The Balaban J connectivity index is 2.08. The van der Waals surface area contributed by atoms with Crippen LogP contribution in [0.5, 0.6) is 0 Å². The monoisotopic (exact) mass is 272 g/mol. The van der Waals surface area contributed by atoms with Gasteiger partial charge in [-0.25, -0.2) is 5.43 Å². The number of amides is 1. The number of unbranched alkanes of at least 4 members (excludes halogenated alkanes) is 2. The Morgan fingerprint density at radius 1 is 1.15 bits per heavy atom. The SMILES string of the molecule is CCCCCc1ccc(/C=C2\C(=O)NNC2(C)C)cc1. The van der Waals surface area contributed by atoms with Crippen LogP contribution in [0.3, 0.4) is 0 Å². The lowest BCUT2D eigenvalue weighted by Crippen LogP contribution is -2.38. The first-order valence-electron chi connectivity index (χ1n) is 7.41. The summed E-state index contributed by atoms with van der Waals surface area (Å²) in [7, 11) is 0. The molecule has 1 aliphatic rings. The van der Waals surface area contributed by atoms with Crippen molar-refractivity contribution in [2.75, 3.05) is 0 Å². The van der Waals surface area contributed by atoms with E-state index >= 15 is 0 Å². The Morgan fingerprint density at radius 3 is 2.40 bits per heavy atom. The summed E-state index contributed by atoms with van der Waals surface area (Å²) in [6.45, 7) is 6.21. The highest BCUT2D eigenvalue weighted by Gasteiger charge is 2.34. The maximum Gasteiger partial charge on any atom is 0.263 e. The van der Waals surface area contributed by atoms with Gasteiger partial charge in [0.15, 0.2) is 0 Å². The fourth-order valence-electron chi connectivity index (χ4n) is 2.40. The molecule has 1 fully saturated rings. The molecule has 1 saturated heterocycles. The minimum absolute atomic E-state index is 0.0398. The second-order valence-corrected chi connectivity index (χ2v) is 5.96. The van der Waals surface area contributed by atoms with Gasteiger partial charge in [0, 0.05) is 5.57 Å². The third-order valence-electron chi connectivity index (χ3n) is 3.77. The maximum absolute atomic E-state index is 11.8. The standard InChI is InChI=1S/C17H24N2O/c1-4-5-6-7-13-8-10-14(11-9-13)12-15-16(20)18-19-17(15,2)3/h8-12,19H,4-7H2,1-3H3,(H,18,20)/b15-12+. The second-order valence-electron chi connectivity index (χ2n) is 5.96. The molecule has 2 rings (SSSR count). The van der Waals surface area contributed by atoms with Crippen LogP contribution in [0.4, 0.5) is 0 Å². The lowest BCUT2D eigenvalue weighted by atomic mass is 9.94. The van der Waals surface area contributed by atoms with E-state index in [0.717, 1.165) is 17.6 Å². The van der Waals surface area contributed by atoms with Crippen molar-refractivity contribution in [3.05, 3.63) is 41.0 Å². The number of carbonyl (C=O) groups excluding carboxylic acids is 1. The molecule has 20 heavy (non-hydrogen) atoms. The van der Waals surface area contributed by atoms with Crippen LogP contribution < -0.4 is 10.9 Å². The molecule has 0 unspecified atom stereocenters. The highest BCUT2D eigenvalue weighted by Crippen LogP contribution is 2.23. The van der Waals surface area contributed by atoms with Gasteiger partial charge in [0.1, 0.15) is 0 Å². The molecule has 3 nitrogen and oxygen atoms in total. The number of aryl methyl sites for hydroxylation is 1. The fourth-order valence-corrected chi connectivity index (χ4v) is 2.40. The average Bonchev–Trinajstić information content (AvgIpc) is 2.68. The summed E-state index contributed by atoms with van der Waals surface area (Å²) >= 11 is 0. The lowest BCUT2D eigenvalue weighted by molar-refractivity contribution is -0.116. The molecule has 1 aliphatic heterocycles. The predicted molar refractivity (Wildman–Crippen MR) is 83.0 cm³/mol. The molecule has 0 spiro atoms. The third kappa shape index (κ3) is 3.48. The van der Waals surface area contributed by atoms with Crippen molar-refractivity contribution in [3.63, 3.8) is 0 Å². The van der Waals surface area contributed by atoms with Gasteiger partial charge in [-0.1, -0.05) is 44.0 Å². The number of benzene rings is 1. The van der Waals surface area contributed by atoms with Crippen molar-refractivity contribution in [2.45, 2.75) is 52.0 Å². The Morgan fingerprint density at radius 2 is 1.85 bits per heavy atom. The van der Waals surface area contributed by atoms with Gasteiger partial charge in [-0.15, -0.1) is 0 Å². The van der Waals surface area contributed by atoms with Crippen LogP contribution in [0.15, 0.2) is 29.8 Å². The van der Waals surface area contributed by atoms with E-state index in [1.54, 1.807) is 0 Å². The van der Waals surface area contributed by atoms with E-state index < -0.39 is 0 Å². The van der Waals surface area contributed by atoms with Crippen LogP contribution in [-0.4, -0.2) is 11.4 Å². The number of hydrazine groups is 1. The molecule has 0 atom stereocenters. The molecule has 1 aromatic carbocycles. The van der Waals surface area contributed by atoms with E-state index in [1.165, 1.54) is 24.8 Å². The maximum atomic E-state index is 11.8. The number of hydrogen-bond acceptors (Lipinski definition) is 2. The molecule has 1 amide bonds. The smallest absolute Gasteiger partial charge is 0.263 e. The Labute approximate surface area is 121 Å². The summed E-state index contributed by atoms with van der Waals surface area (Å²) in [5.74, 6) is -0.0398. The normalized spacial score (nSPS) is 19.4. The van der Waals surface area contributed by atoms with Gasteiger partial charge in [-0.2, -0.15) is 0 Å². The van der Waals surface area contributed by atoms with E-state index in [2.05, 4.69) is 42.0 Å². The molecule has 0 aromatic heterocycles. The van der Waals surface area contributed by atoms with Crippen molar-refractivity contribution >= 4 is 12.0 Å². The van der Waals surface area contributed by atoms with Crippen LogP contribution in [0.1, 0.15) is 51.2 Å². The van der Waals surface area contributed by atoms with Crippen molar-refractivity contribution < 1.29 is 4.79 Å². The number of rotatable bonds is 5. The van der Waals surface area contributed by atoms with E-state index in [9.17, 15) is 4.79 Å². The van der Waals surface area contributed by atoms with Gasteiger partial charge in [0.05, 0.1) is 5.54 Å². The summed E-state index contributed by atoms with van der Waals surface area (Å²) in [5.41, 5.74) is 8.56. The van der Waals surface area contributed by atoms with Crippen LogP contribution >= 0.6 is 0 Å². The fraction of sp³-hybridized carbons (Fsp3) is 0.471. The van der Waals surface area contributed by atoms with Crippen LogP contribution in [0.2, 0.25) is 0 Å². The first-order valence-corrected chi connectivity index (χ1v) is 7.41. The molecule has 1 aromatic rings. The van der Waals surface area contributed by atoms with Crippen LogP contribution in [-0.2, 0) is 11.2 Å². The zero-order valence-electron chi connectivity index (χ0n) is 12.6. The predicted octanol–water partition coefficient (Wildman–Crippen LogP) is 3.22. The topological polar surface area (TPSA) is 41.1 Å². The third-order valence-corrected chi connectivity index (χ3v) is 3.77. The van der Waals surface area contributed by atoms with E-state index in [1.807, 2.05) is 19.9 Å². The highest BCUT2D eigenvalue weighted by atomic mass is 16.2. The number of nitrogens with one attached hydrogen (secondary N) is 2. The summed E-state index contributed by atoms with van der Waals surface area (Å²) in [5, 5.41) is 0. The van der Waals surface area contributed by atoms with E-state index in [-0.39, 0.29) is 11.4 Å². The summed E-state index contributed by atoms with van der Waals surface area (Å²) in [4.78, 5) is 11.8. The Bertz CT molecular complexity index is 500. The minimum atomic E-state index is -0.323. The molecule has 1 heterocycles. The first kappa shape index (κ1) is 14.8. The largest absolute Gasteiger partial charge is 0.287 e. The van der Waals surface area contributed by atoms with Gasteiger partial charge in [0.25, 0.3) is 5.91 Å². The molecule has 2 N–H and O–H groups in total.